The highest BCUT2D eigenvalue weighted by Gasteiger charge is 2.26. The van der Waals surface area contributed by atoms with Gasteiger partial charge in [-0.1, -0.05) is 60.2 Å². The highest BCUT2D eigenvalue weighted by molar-refractivity contribution is 8.04. The number of rotatable bonds is 4. The zero-order valence-electron chi connectivity index (χ0n) is 20.5. The Kier molecular flexibility index (Phi) is 11.9. The first kappa shape index (κ1) is 27.2. The number of hydrogen-bond donors (Lipinski definition) is 4. The molecule has 0 radical (unpaired) electrons. The third-order valence-corrected chi connectivity index (χ3v) is 5.77. The quantitative estimate of drug-likeness (QED) is 0.509. The third-order valence-electron chi connectivity index (χ3n) is 4.75. The first-order chi connectivity index (χ1) is 14.8. The van der Waals surface area contributed by atoms with Gasteiger partial charge in [-0.2, -0.15) is 0 Å². The molecule has 3 rings (SSSR count). The van der Waals surface area contributed by atoms with E-state index in [1.54, 1.807) is 11.8 Å². The van der Waals surface area contributed by atoms with Crippen molar-refractivity contribution in [1.82, 2.24) is 26.2 Å². The zero-order chi connectivity index (χ0) is 23.4. The number of ether oxygens (including phenoxy) is 1. The summed E-state index contributed by atoms with van der Waals surface area (Å²) < 4.78 is 5.89. The molecule has 0 aromatic carbocycles. The number of likely N-dealkylation sites (tertiary alicyclic amines) is 1. The average molecular weight is 454 g/mol. The Morgan fingerprint density at radius 2 is 1.77 bits per heavy atom. The fourth-order valence-electron chi connectivity index (χ4n) is 3.05. The number of hydrogen-bond acceptors (Lipinski definition) is 6. The van der Waals surface area contributed by atoms with Crippen LogP contribution in [0.3, 0.4) is 0 Å². The van der Waals surface area contributed by atoms with Gasteiger partial charge in [-0.3, -0.25) is 0 Å². The molecule has 0 saturated carbocycles. The van der Waals surface area contributed by atoms with Crippen LogP contribution in [0, 0.1) is 5.41 Å². The van der Waals surface area contributed by atoms with Gasteiger partial charge in [0.1, 0.15) is 5.76 Å². The van der Waals surface area contributed by atoms with E-state index in [0.29, 0.717) is 0 Å². The molecule has 3 aliphatic heterocycles. The second-order valence-corrected chi connectivity index (χ2v) is 9.41. The van der Waals surface area contributed by atoms with Gasteiger partial charge in [0.05, 0.1) is 0 Å². The summed E-state index contributed by atoms with van der Waals surface area (Å²) in [7, 11) is 2.11. The number of piperidine rings is 1. The lowest BCUT2D eigenvalue weighted by atomic mass is 9.95. The standard InChI is InChI=1S/C19H31N5O2S.2C2H6/c1-19(2,3)15-12-20-16(26-15)6-5-14-11-21-18(27-14)23-17(25)22-13-7-9-24(4)10-8-13;2*1-2/h5-6,11-13,16,18,20-21H,7-10H2,1-4H3,(H2,22,23,25);2*1-2H3/b6-5+;;. The summed E-state index contributed by atoms with van der Waals surface area (Å²) >= 11 is 1.57. The van der Waals surface area contributed by atoms with Crippen molar-refractivity contribution in [3.05, 3.63) is 35.2 Å². The van der Waals surface area contributed by atoms with E-state index in [4.69, 9.17) is 4.74 Å². The summed E-state index contributed by atoms with van der Waals surface area (Å²) in [6, 6.07) is 0.142. The van der Waals surface area contributed by atoms with Gasteiger partial charge >= 0.3 is 6.03 Å². The van der Waals surface area contributed by atoms with Gasteiger partial charge in [-0.15, -0.1) is 0 Å². The van der Waals surface area contributed by atoms with Gasteiger partial charge < -0.3 is 30.9 Å². The smallest absolute Gasteiger partial charge is 0.317 e. The fraction of sp³-hybridized carbons (Fsp3) is 0.696. The number of nitrogens with zero attached hydrogens (tertiary/aromatic N) is 1. The summed E-state index contributed by atoms with van der Waals surface area (Å²) in [5.41, 5.74) is -0.161. The van der Waals surface area contributed by atoms with Gasteiger partial charge in [-0.05, 0) is 45.1 Å². The second kappa shape index (κ2) is 13.6. The largest absolute Gasteiger partial charge is 0.469 e. The van der Waals surface area contributed by atoms with E-state index in [0.717, 1.165) is 36.6 Å². The van der Waals surface area contributed by atoms with E-state index in [1.165, 1.54) is 0 Å². The van der Waals surface area contributed by atoms with Crippen LogP contribution in [0.5, 0.6) is 0 Å². The van der Waals surface area contributed by atoms with Gasteiger partial charge in [0, 0.05) is 28.8 Å². The number of carbonyl (C=O) groups excluding carboxylic acids is 1. The van der Waals surface area contributed by atoms with E-state index in [1.807, 2.05) is 52.2 Å². The maximum absolute atomic E-state index is 12.2. The molecule has 2 amide bonds. The fourth-order valence-corrected chi connectivity index (χ4v) is 3.92. The maximum atomic E-state index is 12.2. The molecule has 0 aliphatic carbocycles. The first-order valence-electron chi connectivity index (χ1n) is 11.5. The minimum atomic E-state index is -0.156. The van der Waals surface area contributed by atoms with Crippen molar-refractivity contribution in [3.63, 3.8) is 0 Å². The molecular formula is C23H43N5O2S. The van der Waals surface area contributed by atoms with Crippen LogP contribution < -0.4 is 21.3 Å². The second-order valence-electron chi connectivity index (χ2n) is 8.23. The molecular weight excluding hydrogens is 410 g/mol. The van der Waals surface area contributed by atoms with Crippen LogP contribution in [0.1, 0.15) is 61.3 Å². The molecule has 31 heavy (non-hydrogen) atoms. The molecule has 0 spiro atoms. The van der Waals surface area contributed by atoms with E-state index in [9.17, 15) is 4.79 Å². The number of carbonyl (C=O) groups is 1. The van der Waals surface area contributed by atoms with Crippen LogP contribution in [0.2, 0.25) is 0 Å². The van der Waals surface area contributed by atoms with E-state index in [2.05, 4.69) is 54.0 Å². The summed E-state index contributed by atoms with van der Waals surface area (Å²) in [6.45, 7) is 16.4. The van der Waals surface area contributed by atoms with E-state index >= 15 is 0 Å². The summed E-state index contributed by atoms with van der Waals surface area (Å²) in [5.74, 6) is 0.952. The number of urea groups is 1. The molecule has 2 unspecified atom stereocenters. The van der Waals surface area contributed by atoms with Crippen molar-refractivity contribution < 1.29 is 9.53 Å². The van der Waals surface area contributed by atoms with Crippen LogP contribution in [0.25, 0.3) is 0 Å². The van der Waals surface area contributed by atoms with Gasteiger partial charge in [-0.25, -0.2) is 4.79 Å². The number of nitrogens with one attached hydrogen (secondary N) is 4. The Balaban J connectivity index is 0.00000113. The zero-order valence-corrected chi connectivity index (χ0v) is 21.4. The van der Waals surface area contributed by atoms with Crippen LogP contribution in [-0.2, 0) is 4.74 Å². The Hall–Kier alpha value is -1.80. The number of amides is 2. The molecule has 3 heterocycles. The molecule has 1 fully saturated rings. The maximum Gasteiger partial charge on any atom is 0.317 e. The van der Waals surface area contributed by atoms with Crippen molar-refractivity contribution in [2.45, 2.75) is 79.1 Å². The molecule has 178 valence electrons. The summed E-state index contributed by atoms with van der Waals surface area (Å²) in [5, 5.41) is 12.4. The minimum Gasteiger partial charge on any atom is -0.469 e. The van der Waals surface area contributed by atoms with Gasteiger partial charge in [0.2, 0.25) is 0 Å². The van der Waals surface area contributed by atoms with Crippen molar-refractivity contribution in [1.29, 1.82) is 0 Å². The SMILES string of the molecule is CC.CC.CN1CCC(NC(=O)NC2NC=C(/C=C/C3NC=C(C(C)(C)C)O3)S2)CC1. The van der Waals surface area contributed by atoms with Crippen molar-refractivity contribution in [2.24, 2.45) is 5.41 Å². The molecule has 7 nitrogen and oxygen atoms in total. The van der Waals surface area contributed by atoms with E-state index in [-0.39, 0.29) is 29.2 Å². The molecule has 3 aliphatic rings. The lowest BCUT2D eigenvalue weighted by Gasteiger charge is -2.29. The molecule has 0 aromatic rings. The Labute approximate surface area is 193 Å². The average Bonchev–Trinajstić information content (AvgIpc) is 3.40. The lowest BCUT2D eigenvalue weighted by Crippen LogP contribution is -2.50. The lowest BCUT2D eigenvalue weighted by molar-refractivity contribution is 0.123. The Morgan fingerprint density at radius 3 is 2.35 bits per heavy atom. The first-order valence-corrected chi connectivity index (χ1v) is 12.4. The molecule has 8 heteroatoms. The van der Waals surface area contributed by atoms with Gasteiger partial charge in [0.15, 0.2) is 11.7 Å². The van der Waals surface area contributed by atoms with Crippen molar-refractivity contribution in [2.75, 3.05) is 20.1 Å². The monoisotopic (exact) mass is 453 g/mol. The van der Waals surface area contributed by atoms with Crippen LogP contribution in [0.15, 0.2) is 35.2 Å². The van der Waals surface area contributed by atoms with Crippen LogP contribution in [0.4, 0.5) is 4.79 Å². The van der Waals surface area contributed by atoms with Gasteiger partial charge in [0.25, 0.3) is 0 Å². The van der Waals surface area contributed by atoms with E-state index < -0.39 is 0 Å². The Bertz CT molecular complexity index is 634. The topological polar surface area (TPSA) is 77.7 Å². The third kappa shape index (κ3) is 9.47. The van der Waals surface area contributed by atoms with Crippen LogP contribution in [-0.4, -0.2) is 48.8 Å². The molecule has 1 saturated heterocycles. The minimum absolute atomic E-state index is 0.00531. The number of thioether (sulfide) groups is 1. The summed E-state index contributed by atoms with van der Waals surface area (Å²) in [6.07, 6.45) is 9.68. The molecule has 2 atom stereocenters. The normalized spacial score (nSPS) is 23.7. The Morgan fingerprint density at radius 1 is 1.13 bits per heavy atom. The number of allylic oxidation sites excluding steroid dienone is 2. The van der Waals surface area contributed by atoms with Crippen LogP contribution >= 0.6 is 11.8 Å². The predicted octanol–water partition coefficient (Wildman–Crippen LogP) is 4.28. The van der Waals surface area contributed by atoms with Crippen molar-refractivity contribution >= 4 is 17.8 Å². The molecule has 0 bridgehead atoms. The highest BCUT2D eigenvalue weighted by atomic mass is 32.2. The highest BCUT2D eigenvalue weighted by Crippen LogP contribution is 2.30. The summed E-state index contributed by atoms with van der Waals surface area (Å²) in [4.78, 5) is 15.5. The predicted molar refractivity (Wildman–Crippen MR) is 132 cm³/mol. The van der Waals surface area contributed by atoms with Crippen molar-refractivity contribution in [3.8, 4) is 0 Å². The molecule has 4 N–H and O–H groups in total. The molecule has 0 aromatic heterocycles.